The van der Waals surface area contributed by atoms with Gasteiger partial charge in [0.05, 0.1) is 24.8 Å². The number of aliphatic hydroxyl groups is 1. The molecule has 2 heterocycles. The minimum Gasteiger partial charge on any atom is -0.507 e. The molecule has 1 N–H and O–H groups in total. The van der Waals surface area contributed by atoms with Crippen LogP contribution in [0.15, 0.2) is 42.0 Å². The zero-order valence-corrected chi connectivity index (χ0v) is 21.9. The number of aliphatic hydroxyl groups excluding tert-OH is 1. The van der Waals surface area contributed by atoms with Crippen molar-refractivity contribution in [2.75, 3.05) is 33.5 Å². The Kier molecular flexibility index (Phi) is 8.38. The first-order chi connectivity index (χ1) is 17.9. The van der Waals surface area contributed by atoms with E-state index in [2.05, 4.69) is 0 Å². The summed E-state index contributed by atoms with van der Waals surface area (Å²) in [7, 11) is 1.59. The first kappa shape index (κ1) is 26.5. The van der Waals surface area contributed by atoms with Crippen molar-refractivity contribution in [3.63, 3.8) is 0 Å². The molecular weight excluding hydrogens is 474 g/mol. The van der Waals surface area contributed by atoms with Crippen LogP contribution in [0, 0.1) is 0 Å². The third-order valence-corrected chi connectivity index (χ3v) is 6.50. The highest BCUT2D eigenvalue weighted by atomic mass is 16.5. The number of ether oxygens (including phenoxy) is 4. The monoisotopic (exact) mass is 509 g/mol. The van der Waals surface area contributed by atoms with Gasteiger partial charge < -0.3 is 29.0 Å². The van der Waals surface area contributed by atoms with Crippen molar-refractivity contribution in [1.82, 2.24) is 4.90 Å². The summed E-state index contributed by atoms with van der Waals surface area (Å²) in [6.07, 6.45) is 2.15. The lowest BCUT2D eigenvalue weighted by Crippen LogP contribution is -2.31. The van der Waals surface area contributed by atoms with Gasteiger partial charge in [-0.25, -0.2) is 0 Å². The SMILES string of the molecule is CCCOc1ccc(C2/C(=C(\O)c3ccc4c(c3)CC(C)O4)C(=O)C(=O)N2CCCOC)cc1OCC. The van der Waals surface area contributed by atoms with Gasteiger partial charge in [0.1, 0.15) is 17.6 Å². The largest absolute Gasteiger partial charge is 0.507 e. The average Bonchev–Trinajstić information content (AvgIpc) is 3.38. The molecular formula is C29H35NO7. The van der Waals surface area contributed by atoms with Crippen molar-refractivity contribution in [2.45, 2.75) is 52.2 Å². The maximum absolute atomic E-state index is 13.3. The number of carbonyl (C=O) groups excluding carboxylic acids is 2. The smallest absolute Gasteiger partial charge is 0.295 e. The van der Waals surface area contributed by atoms with E-state index in [0.717, 1.165) is 17.7 Å². The summed E-state index contributed by atoms with van der Waals surface area (Å²) in [4.78, 5) is 28.0. The molecule has 1 amide bonds. The Morgan fingerprint density at radius 3 is 2.62 bits per heavy atom. The molecule has 1 saturated heterocycles. The van der Waals surface area contributed by atoms with E-state index in [9.17, 15) is 14.7 Å². The first-order valence-corrected chi connectivity index (χ1v) is 12.9. The maximum Gasteiger partial charge on any atom is 0.295 e. The van der Waals surface area contributed by atoms with Crippen molar-refractivity contribution in [3.8, 4) is 17.2 Å². The first-order valence-electron chi connectivity index (χ1n) is 12.9. The lowest BCUT2D eigenvalue weighted by Gasteiger charge is -2.26. The molecule has 1 fully saturated rings. The van der Waals surface area contributed by atoms with E-state index in [1.165, 1.54) is 4.90 Å². The quantitative estimate of drug-likeness (QED) is 0.204. The summed E-state index contributed by atoms with van der Waals surface area (Å²) in [6.45, 7) is 7.58. The second kappa shape index (κ2) is 11.7. The number of benzene rings is 2. The fourth-order valence-corrected chi connectivity index (χ4v) is 4.86. The summed E-state index contributed by atoms with van der Waals surface area (Å²) in [6, 6.07) is 9.97. The van der Waals surface area contributed by atoms with Crippen molar-refractivity contribution in [2.24, 2.45) is 0 Å². The van der Waals surface area contributed by atoms with E-state index in [1.807, 2.05) is 32.9 Å². The molecule has 2 atom stereocenters. The highest BCUT2D eigenvalue weighted by Crippen LogP contribution is 2.43. The van der Waals surface area contributed by atoms with E-state index in [1.54, 1.807) is 31.4 Å². The number of rotatable bonds is 11. The molecule has 37 heavy (non-hydrogen) atoms. The molecule has 0 aromatic heterocycles. The fraction of sp³-hybridized carbons (Fsp3) is 0.448. The van der Waals surface area contributed by atoms with E-state index < -0.39 is 17.7 Å². The zero-order valence-electron chi connectivity index (χ0n) is 21.9. The van der Waals surface area contributed by atoms with Gasteiger partial charge in [0.15, 0.2) is 11.5 Å². The summed E-state index contributed by atoms with van der Waals surface area (Å²) in [5.41, 5.74) is 2.14. The van der Waals surface area contributed by atoms with E-state index in [4.69, 9.17) is 18.9 Å². The lowest BCUT2D eigenvalue weighted by molar-refractivity contribution is -0.140. The topological polar surface area (TPSA) is 94.5 Å². The number of likely N-dealkylation sites (tertiary alicyclic amines) is 1. The van der Waals surface area contributed by atoms with Gasteiger partial charge in [-0.2, -0.15) is 0 Å². The van der Waals surface area contributed by atoms with Crippen molar-refractivity contribution >= 4 is 17.4 Å². The highest BCUT2D eigenvalue weighted by Gasteiger charge is 2.46. The highest BCUT2D eigenvalue weighted by molar-refractivity contribution is 6.46. The number of amides is 1. The Morgan fingerprint density at radius 2 is 1.89 bits per heavy atom. The van der Waals surface area contributed by atoms with Crippen LogP contribution in [0.4, 0.5) is 0 Å². The van der Waals surface area contributed by atoms with Crippen LogP contribution in [0.2, 0.25) is 0 Å². The summed E-state index contributed by atoms with van der Waals surface area (Å²) in [5.74, 6) is 0.323. The molecule has 198 valence electrons. The number of carbonyl (C=O) groups is 2. The van der Waals surface area contributed by atoms with Crippen LogP contribution in [0.25, 0.3) is 5.76 Å². The van der Waals surface area contributed by atoms with Gasteiger partial charge in [0.25, 0.3) is 11.7 Å². The normalized spacial score (nSPS) is 20.2. The van der Waals surface area contributed by atoms with E-state index in [-0.39, 0.29) is 17.4 Å². The van der Waals surface area contributed by atoms with Crippen molar-refractivity contribution in [3.05, 3.63) is 58.7 Å². The molecule has 0 saturated carbocycles. The number of nitrogens with zero attached hydrogens (tertiary/aromatic N) is 1. The number of Topliss-reactive ketones (excluding diaryl/α,β-unsaturated/α-hetero) is 1. The number of ketones is 1. The number of hydrogen-bond acceptors (Lipinski definition) is 7. The molecule has 4 rings (SSSR count). The summed E-state index contributed by atoms with van der Waals surface area (Å²) in [5, 5.41) is 11.4. The molecule has 8 heteroatoms. The third kappa shape index (κ3) is 5.44. The fourth-order valence-electron chi connectivity index (χ4n) is 4.86. The molecule has 2 aliphatic rings. The van der Waals surface area contributed by atoms with Gasteiger partial charge in [-0.1, -0.05) is 13.0 Å². The van der Waals surface area contributed by atoms with Crippen LogP contribution in [0.3, 0.4) is 0 Å². The number of fused-ring (bicyclic) bond motifs is 1. The van der Waals surface area contributed by atoms with Gasteiger partial charge in [0, 0.05) is 32.2 Å². The predicted octanol–water partition coefficient (Wildman–Crippen LogP) is 4.66. The van der Waals surface area contributed by atoms with Crippen LogP contribution in [0.5, 0.6) is 17.2 Å². The minimum absolute atomic E-state index is 0.0455. The Hall–Kier alpha value is -3.52. The maximum atomic E-state index is 13.3. The standard InChI is InChI=1S/C29H35NO7/c1-5-13-36-23-11-8-19(17-24(23)35-6-2)26-25(28(32)29(33)30(26)12-7-14-34-4)27(31)20-9-10-22-21(16-20)15-18(3)37-22/h8-11,16-18,26,31H,5-7,12-15H2,1-4H3/b27-25+. The second-order valence-electron chi connectivity index (χ2n) is 9.28. The Labute approximate surface area is 217 Å². The van der Waals surface area contributed by atoms with Crippen molar-refractivity contribution in [1.29, 1.82) is 0 Å². The number of hydrogen-bond donors (Lipinski definition) is 1. The lowest BCUT2D eigenvalue weighted by atomic mass is 9.94. The molecule has 0 bridgehead atoms. The average molecular weight is 510 g/mol. The predicted molar refractivity (Wildman–Crippen MR) is 139 cm³/mol. The van der Waals surface area contributed by atoms with Gasteiger partial charge in [-0.3, -0.25) is 9.59 Å². The second-order valence-corrected chi connectivity index (χ2v) is 9.28. The van der Waals surface area contributed by atoms with Gasteiger partial charge >= 0.3 is 0 Å². The third-order valence-electron chi connectivity index (χ3n) is 6.50. The minimum atomic E-state index is -0.778. The molecule has 2 aliphatic heterocycles. The van der Waals surface area contributed by atoms with Gasteiger partial charge in [-0.05, 0) is 68.1 Å². The zero-order chi connectivity index (χ0) is 26.5. The van der Waals surface area contributed by atoms with Crippen LogP contribution in [-0.4, -0.2) is 61.3 Å². The molecule has 0 aliphatic carbocycles. The summed E-state index contributed by atoms with van der Waals surface area (Å²) >= 11 is 0. The molecule has 8 nitrogen and oxygen atoms in total. The van der Waals surface area contributed by atoms with Crippen LogP contribution >= 0.6 is 0 Å². The molecule has 0 radical (unpaired) electrons. The van der Waals surface area contributed by atoms with E-state index >= 15 is 0 Å². The van der Waals surface area contributed by atoms with Crippen LogP contribution < -0.4 is 14.2 Å². The van der Waals surface area contributed by atoms with Crippen LogP contribution in [-0.2, 0) is 20.7 Å². The van der Waals surface area contributed by atoms with Crippen molar-refractivity contribution < 1.29 is 33.6 Å². The van der Waals surface area contributed by atoms with Gasteiger partial charge in [0.2, 0.25) is 0 Å². The number of methoxy groups -OCH3 is 1. The molecule has 2 aromatic carbocycles. The Morgan fingerprint density at radius 1 is 1.08 bits per heavy atom. The van der Waals surface area contributed by atoms with Crippen LogP contribution in [0.1, 0.15) is 56.3 Å². The summed E-state index contributed by atoms with van der Waals surface area (Å²) < 4.78 is 22.6. The Balaban J connectivity index is 1.81. The molecule has 0 spiro atoms. The molecule has 2 aromatic rings. The molecule has 2 unspecified atom stereocenters. The van der Waals surface area contributed by atoms with Gasteiger partial charge in [-0.15, -0.1) is 0 Å². The van der Waals surface area contributed by atoms with E-state index in [0.29, 0.717) is 61.8 Å². The Bertz CT molecular complexity index is 1190.